The first-order valence-corrected chi connectivity index (χ1v) is 7.61. The molecule has 0 radical (unpaired) electrons. The number of hydrogen-bond acceptors (Lipinski definition) is 3. The molecule has 3 nitrogen and oxygen atoms in total. The first kappa shape index (κ1) is 15.7. The summed E-state index contributed by atoms with van der Waals surface area (Å²) >= 11 is 0. The normalized spacial score (nSPS) is 10.5. The van der Waals surface area contributed by atoms with E-state index in [4.69, 9.17) is 0 Å². The lowest BCUT2D eigenvalue weighted by Gasteiger charge is -2.21. The van der Waals surface area contributed by atoms with Gasteiger partial charge in [-0.05, 0) is 28.8 Å². The fourth-order valence-corrected chi connectivity index (χ4v) is 2.96. The van der Waals surface area contributed by atoms with E-state index >= 15 is 0 Å². The maximum Gasteiger partial charge on any atom is 0.150 e. The Morgan fingerprint density at radius 2 is 1.12 bits per heavy atom. The maximum atomic E-state index is 11.5. The van der Waals surface area contributed by atoms with Gasteiger partial charge in [0.15, 0.2) is 0 Å². The molecule has 0 aromatic heterocycles. The van der Waals surface area contributed by atoms with E-state index in [0.717, 1.165) is 29.3 Å². The Balaban J connectivity index is 2.27. The van der Waals surface area contributed by atoms with Gasteiger partial charge in [0, 0.05) is 17.0 Å². The molecular formula is C21H16O3. The Morgan fingerprint density at radius 3 is 1.58 bits per heavy atom. The van der Waals surface area contributed by atoms with Crippen LogP contribution in [-0.2, 0) is 0 Å². The van der Waals surface area contributed by atoms with Crippen LogP contribution in [0.5, 0.6) is 5.75 Å². The zero-order chi connectivity index (χ0) is 16.9. The Morgan fingerprint density at radius 1 is 0.667 bits per heavy atom. The number of hydrogen-bond donors (Lipinski definition) is 1. The van der Waals surface area contributed by atoms with Crippen LogP contribution in [0.3, 0.4) is 0 Å². The minimum atomic E-state index is -0.270. The van der Waals surface area contributed by atoms with Crippen LogP contribution < -0.4 is 0 Å². The molecule has 0 bridgehead atoms. The summed E-state index contributed by atoms with van der Waals surface area (Å²) in [7, 11) is 0. The summed E-state index contributed by atoms with van der Waals surface area (Å²) in [6, 6.07) is 21.5. The molecule has 0 saturated heterocycles. The Labute approximate surface area is 140 Å². The van der Waals surface area contributed by atoms with Gasteiger partial charge in [0.05, 0.1) is 0 Å². The van der Waals surface area contributed by atoms with Gasteiger partial charge < -0.3 is 5.11 Å². The van der Waals surface area contributed by atoms with Crippen molar-refractivity contribution in [2.75, 3.05) is 0 Å². The third-order valence-corrected chi connectivity index (χ3v) is 4.09. The molecule has 0 heterocycles. The SMILES string of the molecule is O=Cc1ccccc1C(c1ccc(O)cc1)c1ccccc1C=O. The van der Waals surface area contributed by atoms with E-state index in [1.807, 2.05) is 48.5 Å². The molecule has 0 aliphatic carbocycles. The average Bonchev–Trinajstić information content (AvgIpc) is 2.64. The van der Waals surface area contributed by atoms with Gasteiger partial charge in [0.1, 0.15) is 18.3 Å². The molecule has 3 heteroatoms. The minimum absolute atomic E-state index is 0.171. The van der Waals surface area contributed by atoms with Crippen LogP contribution in [0.4, 0.5) is 0 Å². The molecule has 3 aromatic rings. The van der Waals surface area contributed by atoms with E-state index in [1.54, 1.807) is 24.3 Å². The summed E-state index contributed by atoms with van der Waals surface area (Å²) in [5, 5.41) is 9.57. The van der Waals surface area contributed by atoms with Crippen molar-refractivity contribution in [2.45, 2.75) is 5.92 Å². The standard InChI is InChI=1S/C21H16O3/c22-13-16-5-1-3-7-19(16)21(15-9-11-18(24)12-10-15)20-8-4-2-6-17(20)14-23/h1-14,21,24H. The first-order valence-electron chi connectivity index (χ1n) is 7.61. The van der Waals surface area contributed by atoms with E-state index < -0.39 is 0 Å². The molecule has 0 amide bonds. The molecule has 0 fully saturated rings. The van der Waals surface area contributed by atoms with Gasteiger partial charge >= 0.3 is 0 Å². The summed E-state index contributed by atoms with van der Waals surface area (Å²) in [6.45, 7) is 0. The molecule has 0 aliphatic heterocycles. The molecule has 0 spiro atoms. The van der Waals surface area contributed by atoms with Crippen molar-refractivity contribution in [1.82, 2.24) is 0 Å². The van der Waals surface area contributed by atoms with Gasteiger partial charge in [-0.1, -0.05) is 60.7 Å². The van der Waals surface area contributed by atoms with Gasteiger partial charge in [0.2, 0.25) is 0 Å². The molecule has 0 unspecified atom stereocenters. The Kier molecular flexibility index (Phi) is 4.52. The topological polar surface area (TPSA) is 54.4 Å². The quantitative estimate of drug-likeness (QED) is 0.567. The van der Waals surface area contributed by atoms with Crippen LogP contribution in [0.1, 0.15) is 43.3 Å². The van der Waals surface area contributed by atoms with Crippen molar-refractivity contribution >= 4 is 12.6 Å². The summed E-state index contributed by atoms with van der Waals surface area (Å²) < 4.78 is 0. The van der Waals surface area contributed by atoms with Crippen molar-refractivity contribution in [3.8, 4) is 5.75 Å². The molecule has 3 rings (SSSR count). The smallest absolute Gasteiger partial charge is 0.150 e. The maximum absolute atomic E-state index is 11.5. The highest BCUT2D eigenvalue weighted by molar-refractivity contribution is 5.81. The fraction of sp³-hybridized carbons (Fsp3) is 0.0476. The summed E-state index contributed by atoms with van der Waals surface area (Å²) in [6.07, 6.45) is 1.65. The second-order valence-corrected chi connectivity index (χ2v) is 5.52. The van der Waals surface area contributed by atoms with E-state index in [0.29, 0.717) is 11.1 Å². The van der Waals surface area contributed by atoms with Gasteiger partial charge in [-0.15, -0.1) is 0 Å². The van der Waals surface area contributed by atoms with Crippen molar-refractivity contribution in [3.63, 3.8) is 0 Å². The first-order chi connectivity index (χ1) is 11.7. The highest BCUT2D eigenvalue weighted by Gasteiger charge is 2.21. The highest BCUT2D eigenvalue weighted by Crippen LogP contribution is 2.35. The molecule has 24 heavy (non-hydrogen) atoms. The molecule has 3 aromatic carbocycles. The number of carbonyl (C=O) groups excluding carboxylic acids is 2. The van der Waals surface area contributed by atoms with Crippen LogP contribution in [0.2, 0.25) is 0 Å². The summed E-state index contributed by atoms with van der Waals surface area (Å²) in [4.78, 5) is 23.0. The van der Waals surface area contributed by atoms with Crippen LogP contribution in [0, 0.1) is 0 Å². The lowest BCUT2D eigenvalue weighted by atomic mass is 9.81. The largest absolute Gasteiger partial charge is 0.508 e. The fourth-order valence-electron chi connectivity index (χ4n) is 2.96. The molecule has 118 valence electrons. The van der Waals surface area contributed by atoms with Crippen molar-refractivity contribution in [3.05, 3.63) is 101 Å². The van der Waals surface area contributed by atoms with Gasteiger partial charge in [0.25, 0.3) is 0 Å². The molecular weight excluding hydrogens is 300 g/mol. The van der Waals surface area contributed by atoms with E-state index in [1.165, 1.54) is 0 Å². The number of phenolic OH excluding ortho intramolecular Hbond substituents is 1. The van der Waals surface area contributed by atoms with Crippen LogP contribution in [0.25, 0.3) is 0 Å². The summed E-state index contributed by atoms with van der Waals surface area (Å²) in [5.41, 5.74) is 3.71. The molecule has 0 aliphatic rings. The molecule has 1 N–H and O–H groups in total. The van der Waals surface area contributed by atoms with E-state index in [-0.39, 0.29) is 11.7 Å². The van der Waals surface area contributed by atoms with E-state index in [2.05, 4.69) is 0 Å². The van der Waals surface area contributed by atoms with Gasteiger partial charge in [-0.3, -0.25) is 9.59 Å². The third-order valence-electron chi connectivity index (χ3n) is 4.09. The second kappa shape index (κ2) is 6.92. The van der Waals surface area contributed by atoms with Crippen LogP contribution >= 0.6 is 0 Å². The van der Waals surface area contributed by atoms with Crippen LogP contribution in [0.15, 0.2) is 72.8 Å². The van der Waals surface area contributed by atoms with Gasteiger partial charge in [-0.25, -0.2) is 0 Å². The molecule has 0 atom stereocenters. The lowest BCUT2D eigenvalue weighted by Crippen LogP contribution is -2.09. The second-order valence-electron chi connectivity index (χ2n) is 5.52. The zero-order valence-corrected chi connectivity index (χ0v) is 12.9. The van der Waals surface area contributed by atoms with Crippen molar-refractivity contribution in [1.29, 1.82) is 0 Å². The average molecular weight is 316 g/mol. The number of aldehydes is 2. The lowest BCUT2D eigenvalue weighted by molar-refractivity contribution is 0.111. The number of phenols is 1. The van der Waals surface area contributed by atoms with Crippen molar-refractivity contribution < 1.29 is 14.7 Å². The monoisotopic (exact) mass is 316 g/mol. The number of rotatable bonds is 5. The Bertz CT molecular complexity index is 815. The Hall–Kier alpha value is -3.20. The summed E-state index contributed by atoms with van der Waals surface area (Å²) in [5.74, 6) is -0.0988. The third kappa shape index (κ3) is 2.97. The predicted octanol–water partition coefficient (Wildman–Crippen LogP) is 4.20. The molecule has 0 saturated carbocycles. The highest BCUT2D eigenvalue weighted by atomic mass is 16.3. The van der Waals surface area contributed by atoms with Crippen LogP contribution in [-0.4, -0.2) is 17.7 Å². The zero-order valence-electron chi connectivity index (χ0n) is 12.9. The number of benzene rings is 3. The van der Waals surface area contributed by atoms with Gasteiger partial charge in [-0.2, -0.15) is 0 Å². The van der Waals surface area contributed by atoms with Crippen molar-refractivity contribution in [2.24, 2.45) is 0 Å². The number of aromatic hydroxyl groups is 1. The minimum Gasteiger partial charge on any atom is -0.508 e. The van der Waals surface area contributed by atoms with E-state index in [9.17, 15) is 14.7 Å². The number of carbonyl (C=O) groups is 2. The predicted molar refractivity (Wildman–Crippen MR) is 92.7 cm³/mol.